The molecule has 1 aromatic rings. The molecule has 0 unspecified atom stereocenters. The number of nitrogens with one attached hydrogen (secondary N) is 1. The SMILES string of the molecule is Cc1ccc(CNC2CCC(C(=O)O)CC2)cc1Cl. The number of carbonyl (C=O) groups is 1. The molecule has 0 radical (unpaired) electrons. The summed E-state index contributed by atoms with van der Waals surface area (Å²) >= 11 is 6.10. The number of rotatable bonds is 4. The summed E-state index contributed by atoms with van der Waals surface area (Å²) in [6.07, 6.45) is 3.44. The van der Waals surface area contributed by atoms with Crippen LogP contribution >= 0.6 is 11.6 Å². The van der Waals surface area contributed by atoms with Crippen molar-refractivity contribution in [1.82, 2.24) is 5.32 Å². The van der Waals surface area contributed by atoms with Crippen molar-refractivity contribution in [2.45, 2.75) is 45.2 Å². The molecular formula is C15H20ClNO2. The molecule has 3 nitrogen and oxygen atoms in total. The second-order valence-electron chi connectivity index (χ2n) is 5.35. The largest absolute Gasteiger partial charge is 0.481 e. The van der Waals surface area contributed by atoms with Crippen LogP contribution in [0.5, 0.6) is 0 Å². The van der Waals surface area contributed by atoms with E-state index in [-0.39, 0.29) is 5.92 Å². The first kappa shape index (κ1) is 14.4. The van der Waals surface area contributed by atoms with Crippen LogP contribution in [0.2, 0.25) is 5.02 Å². The lowest BCUT2D eigenvalue weighted by Crippen LogP contribution is -2.34. The van der Waals surface area contributed by atoms with Gasteiger partial charge in [-0.1, -0.05) is 23.7 Å². The first-order valence-electron chi connectivity index (χ1n) is 6.77. The van der Waals surface area contributed by atoms with Gasteiger partial charge in [0.15, 0.2) is 0 Å². The van der Waals surface area contributed by atoms with Crippen LogP contribution in [0, 0.1) is 12.8 Å². The Morgan fingerprint density at radius 3 is 2.63 bits per heavy atom. The van der Waals surface area contributed by atoms with Crippen molar-refractivity contribution in [2.75, 3.05) is 0 Å². The minimum atomic E-state index is -0.649. The lowest BCUT2D eigenvalue weighted by atomic mass is 9.86. The monoisotopic (exact) mass is 281 g/mol. The van der Waals surface area contributed by atoms with Crippen LogP contribution in [-0.4, -0.2) is 17.1 Å². The van der Waals surface area contributed by atoms with E-state index in [1.54, 1.807) is 0 Å². The molecule has 1 fully saturated rings. The van der Waals surface area contributed by atoms with Gasteiger partial charge in [0.2, 0.25) is 0 Å². The maximum absolute atomic E-state index is 10.9. The van der Waals surface area contributed by atoms with Crippen molar-refractivity contribution >= 4 is 17.6 Å². The summed E-state index contributed by atoms with van der Waals surface area (Å²) in [4.78, 5) is 10.9. The number of carboxylic acid groups (broad SMARTS) is 1. The van der Waals surface area contributed by atoms with Gasteiger partial charge in [0.1, 0.15) is 0 Å². The molecule has 1 saturated carbocycles. The molecule has 1 aliphatic carbocycles. The smallest absolute Gasteiger partial charge is 0.306 e. The Morgan fingerprint density at radius 2 is 2.05 bits per heavy atom. The molecule has 0 spiro atoms. The van der Waals surface area contributed by atoms with Gasteiger partial charge in [-0.25, -0.2) is 0 Å². The third-order valence-electron chi connectivity index (χ3n) is 3.91. The first-order chi connectivity index (χ1) is 9.06. The number of aryl methyl sites for hydroxylation is 1. The maximum Gasteiger partial charge on any atom is 0.306 e. The lowest BCUT2D eigenvalue weighted by molar-refractivity contribution is -0.142. The molecule has 104 valence electrons. The van der Waals surface area contributed by atoms with Gasteiger partial charge in [-0.3, -0.25) is 4.79 Å². The molecular weight excluding hydrogens is 262 g/mol. The maximum atomic E-state index is 10.9. The van der Waals surface area contributed by atoms with Crippen molar-refractivity contribution in [3.8, 4) is 0 Å². The average Bonchev–Trinajstić information content (AvgIpc) is 2.40. The Morgan fingerprint density at radius 1 is 1.37 bits per heavy atom. The van der Waals surface area contributed by atoms with E-state index in [2.05, 4.69) is 11.4 Å². The fourth-order valence-corrected chi connectivity index (χ4v) is 2.76. The summed E-state index contributed by atoms with van der Waals surface area (Å²) in [5, 5.41) is 13.2. The molecule has 0 amide bonds. The Hall–Kier alpha value is -1.06. The van der Waals surface area contributed by atoms with E-state index < -0.39 is 5.97 Å². The number of aliphatic carboxylic acids is 1. The molecule has 0 saturated heterocycles. The predicted molar refractivity (Wildman–Crippen MR) is 76.4 cm³/mol. The fourth-order valence-electron chi connectivity index (χ4n) is 2.55. The van der Waals surface area contributed by atoms with Crippen molar-refractivity contribution in [3.05, 3.63) is 34.3 Å². The lowest BCUT2D eigenvalue weighted by Gasteiger charge is -2.27. The summed E-state index contributed by atoms with van der Waals surface area (Å²) in [5.41, 5.74) is 2.27. The highest BCUT2D eigenvalue weighted by Gasteiger charge is 2.25. The van der Waals surface area contributed by atoms with Crippen molar-refractivity contribution < 1.29 is 9.90 Å². The van der Waals surface area contributed by atoms with E-state index in [1.165, 1.54) is 5.56 Å². The van der Waals surface area contributed by atoms with Gasteiger partial charge in [-0.2, -0.15) is 0 Å². The van der Waals surface area contributed by atoms with Gasteiger partial charge < -0.3 is 10.4 Å². The highest BCUT2D eigenvalue weighted by Crippen LogP contribution is 2.25. The molecule has 2 rings (SSSR count). The van der Waals surface area contributed by atoms with E-state index >= 15 is 0 Å². The number of hydrogen-bond donors (Lipinski definition) is 2. The number of benzene rings is 1. The number of halogens is 1. The molecule has 0 aliphatic heterocycles. The van der Waals surface area contributed by atoms with Crippen LogP contribution < -0.4 is 5.32 Å². The van der Waals surface area contributed by atoms with E-state index in [4.69, 9.17) is 16.7 Å². The van der Waals surface area contributed by atoms with E-state index in [9.17, 15) is 4.79 Å². The van der Waals surface area contributed by atoms with Crippen LogP contribution in [0.4, 0.5) is 0 Å². The summed E-state index contributed by atoms with van der Waals surface area (Å²) in [6.45, 7) is 2.79. The molecule has 0 atom stereocenters. The minimum absolute atomic E-state index is 0.146. The molecule has 0 aromatic heterocycles. The Bertz CT molecular complexity index is 453. The third-order valence-corrected chi connectivity index (χ3v) is 4.31. The molecule has 2 N–H and O–H groups in total. The molecule has 19 heavy (non-hydrogen) atoms. The van der Waals surface area contributed by atoms with E-state index in [0.29, 0.717) is 6.04 Å². The summed E-state index contributed by atoms with van der Waals surface area (Å²) in [7, 11) is 0. The van der Waals surface area contributed by atoms with Crippen LogP contribution in [0.15, 0.2) is 18.2 Å². The Balaban J connectivity index is 1.80. The quantitative estimate of drug-likeness (QED) is 0.889. The Kier molecular flexibility index (Phi) is 4.83. The van der Waals surface area contributed by atoms with E-state index in [0.717, 1.165) is 42.8 Å². The topological polar surface area (TPSA) is 49.3 Å². The summed E-state index contributed by atoms with van der Waals surface area (Å²) in [5.74, 6) is -0.796. The van der Waals surface area contributed by atoms with Crippen LogP contribution in [0.3, 0.4) is 0 Å². The Labute approximate surface area is 119 Å². The van der Waals surface area contributed by atoms with Crippen LogP contribution in [0.25, 0.3) is 0 Å². The van der Waals surface area contributed by atoms with Crippen molar-refractivity contribution in [1.29, 1.82) is 0 Å². The normalized spacial score (nSPS) is 23.3. The zero-order chi connectivity index (χ0) is 13.8. The fraction of sp³-hybridized carbons (Fsp3) is 0.533. The molecule has 0 bridgehead atoms. The molecule has 1 aliphatic rings. The molecule has 0 heterocycles. The van der Waals surface area contributed by atoms with Crippen LogP contribution in [-0.2, 0) is 11.3 Å². The van der Waals surface area contributed by atoms with Gasteiger partial charge in [0, 0.05) is 17.6 Å². The summed E-state index contributed by atoms with van der Waals surface area (Å²) in [6, 6.07) is 6.53. The minimum Gasteiger partial charge on any atom is -0.481 e. The number of carboxylic acids is 1. The highest BCUT2D eigenvalue weighted by molar-refractivity contribution is 6.31. The van der Waals surface area contributed by atoms with Crippen molar-refractivity contribution in [3.63, 3.8) is 0 Å². The van der Waals surface area contributed by atoms with Gasteiger partial charge >= 0.3 is 5.97 Å². The van der Waals surface area contributed by atoms with Gasteiger partial charge in [0.05, 0.1) is 5.92 Å². The molecule has 4 heteroatoms. The number of hydrogen-bond acceptors (Lipinski definition) is 2. The van der Waals surface area contributed by atoms with Gasteiger partial charge in [-0.05, 0) is 49.8 Å². The zero-order valence-corrected chi connectivity index (χ0v) is 11.9. The highest BCUT2D eigenvalue weighted by atomic mass is 35.5. The van der Waals surface area contributed by atoms with Gasteiger partial charge in [-0.15, -0.1) is 0 Å². The molecule has 1 aromatic carbocycles. The second kappa shape index (κ2) is 6.40. The van der Waals surface area contributed by atoms with Gasteiger partial charge in [0.25, 0.3) is 0 Å². The standard InChI is InChI=1S/C15H20ClNO2/c1-10-2-3-11(8-14(10)16)9-17-13-6-4-12(5-7-13)15(18)19/h2-3,8,12-13,17H,4-7,9H2,1H3,(H,18,19). The zero-order valence-electron chi connectivity index (χ0n) is 11.2. The second-order valence-corrected chi connectivity index (χ2v) is 5.76. The predicted octanol–water partition coefficient (Wildman–Crippen LogP) is 3.38. The van der Waals surface area contributed by atoms with E-state index in [1.807, 2.05) is 19.1 Å². The van der Waals surface area contributed by atoms with Crippen LogP contribution in [0.1, 0.15) is 36.8 Å². The first-order valence-corrected chi connectivity index (χ1v) is 7.15. The third kappa shape index (κ3) is 3.95. The van der Waals surface area contributed by atoms with Crippen molar-refractivity contribution in [2.24, 2.45) is 5.92 Å². The summed E-state index contributed by atoms with van der Waals surface area (Å²) < 4.78 is 0. The average molecular weight is 282 g/mol.